The summed E-state index contributed by atoms with van der Waals surface area (Å²) in [6.45, 7) is 4.21. The van der Waals surface area contributed by atoms with E-state index in [0.717, 1.165) is 193 Å². The number of rotatable bonds is 72. The van der Waals surface area contributed by atoms with E-state index in [-0.39, 0.29) is 25.7 Å². The van der Waals surface area contributed by atoms with E-state index in [1.165, 1.54) is 0 Å². The predicted octanol–water partition coefficient (Wildman–Crippen LogP) is 23.3. The lowest BCUT2D eigenvalue weighted by atomic mass is 10.1. The Morgan fingerprint density at radius 1 is 0.274 bits per heavy atom. The van der Waals surface area contributed by atoms with Gasteiger partial charge in [0.15, 0.2) is 12.2 Å². The third kappa shape index (κ3) is 76.1. The first-order valence-electron chi connectivity index (χ1n) is 39.7. The van der Waals surface area contributed by atoms with Crippen LogP contribution in [0, 0.1) is 0 Å². The van der Waals surface area contributed by atoms with Crippen LogP contribution in [-0.4, -0.2) is 96.7 Å². The van der Waals surface area contributed by atoms with Crippen molar-refractivity contribution in [3.8, 4) is 0 Å². The minimum absolute atomic E-state index is 0.0478. The van der Waals surface area contributed by atoms with Gasteiger partial charge < -0.3 is 33.8 Å². The lowest BCUT2D eigenvalue weighted by Gasteiger charge is -2.21. The van der Waals surface area contributed by atoms with Crippen molar-refractivity contribution in [2.24, 2.45) is 0 Å². The second-order valence-corrected chi connectivity index (χ2v) is 28.4. The molecule has 5 unspecified atom stereocenters. The molecule has 0 aromatic carbocycles. The molecule has 19 heteroatoms. The fourth-order valence-electron chi connectivity index (χ4n) is 9.70. The molecule has 3 N–H and O–H groups in total. The van der Waals surface area contributed by atoms with Crippen LogP contribution in [0.1, 0.15) is 272 Å². The number of carbonyl (C=O) groups is 4. The Kier molecular flexibility index (Phi) is 72.6. The Morgan fingerprint density at radius 3 is 0.802 bits per heavy atom. The quantitative estimate of drug-likeness (QED) is 0.0169. The number of allylic oxidation sites excluding steroid dienone is 31. The molecule has 0 rings (SSSR count). The van der Waals surface area contributed by atoms with E-state index in [4.69, 9.17) is 37.0 Å². The van der Waals surface area contributed by atoms with Gasteiger partial charge >= 0.3 is 39.5 Å². The van der Waals surface area contributed by atoms with Crippen molar-refractivity contribution >= 4 is 39.5 Å². The molecule has 0 aromatic heterocycles. The number of aliphatic hydroxyl groups excluding tert-OH is 1. The molecular formula is C87H138O17P2. The third-order valence-electron chi connectivity index (χ3n) is 15.6. The first kappa shape index (κ1) is 99.9. The maximum atomic E-state index is 13.1. The van der Waals surface area contributed by atoms with Gasteiger partial charge in [0.1, 0.15) is 19.3 Å². The van der Waals surface area contributed by atoms with Gasteiger partial charge in [-0.15, -0.1) is 0 Å². The van der Waals surface area contributed by atoms with Crippen LogP contribution in [0.3, 0.4) is 0 Å². The van der Waals surface area contributed by atoms with Crippen molar-refractivity contribution in [1.82, 2.24) is 0 Å². The van der Waals surface area contributed by atoms with Crippen molar-refractivity contribution in [2.75, 3.05) is 39.6 Å². The van der Waals surface area contributed by atoms with E-state index in [1.807, 2.05) is 18.2 Å². The summed E-state index contributed by atoms with van der Waals surface area (Å²) in [7, 11) is -10.0. The molecule has 17 nitrogen and oxygen atoms in total. The van der Waals surface area contributed by atoms with Crippen LogP contribution in [0.4, 0.5) is 0 Å². The van der Waals surface area contributed by atoms with Gasteiger partial charge in [-0.2, -0.15) is 0 Å². The maximum Gasteiger partial charge on any atom is 0.472 e. The fourth-order valence-corrected chi connectivity index (χ4v) is 11.3. The van der Waals surface area contributed by atoms with E-state index in [0.29, 0.717) is 25.7 Å². The van der Waals surface area contributed by atoms with Gasteiger partial charge in [-0.25, -0.2) is 9.13 Å². The smallest absolute Gasteiger partial charge is 0.462 e. The summed E-state index contributed by atoms with van der Waals surface area (Å²) in [5.41, 5.74) is 0. The summed E-state index contributed by atoms with van der Waals surface area (Å²) >= 11 is 0. The molecule has 0 heterocycles. The monoisotopic (exact) mass is 1520 g/mol. The first-order valence-corrected chi connectivity index (χ1v) is 42.7. The molecule has 0 bridgehead atoms. The number of hydrogen-bond acceptors (Lipinski definition) is 15. The van der Waals surface area contributed by atoms with Crippen LogP contribution in [0.25, 0.3) is 0 Å². The summed E-state index contributed by atoms with van der Waals surface area (Å²) in [6, 6.07) is 0. The number of hydrogen-bond donors (Lipinski definition) is 3. The van der Waals surface area contributed by atoms with Gasteiger partial charge in [0.25, 0.3) is 0 Å². The number of ether oxygens (including phenoxy) is 4. The lowest BCUT2D eigenvalue weighted by molar-refractivity contribution is -0.161. The Morgan fingerprint density at radius 2 is 0.500 bits per heavy atom. The fraction of sp³-hybridized carbons (Fsp3) is 0.586. The van der Waals surface area contributed by atoms with Crippen molar-refractivity contribution in [2.45, 2.75) is 290 Å². The summed E-state index contributed by atoms with van der Waals surface area (Å²) in [5, 5.41) is 10.6. The van der Waals surface area contributed by atoms with Crippen LogP contribution in [-0.2, 0) is 65.4 Å². The standard InChI is InChI=1S/C87H138O17P2/c1-5-9-13-17-21-25-29-33-37-39-40-42-45-48-52-56-60-64-68-72-85(90)98-78-83(104-87(92)74-70-66-62-58-54-50-46-41-38-34-30-26-22-18-14-10-6-2)80-102-106(95,96)100-76-81(88)75-99-105(93,94)101-79-82(103-86(91)73-69-65-61-57-53-49-44-36-32-28-24-20-16-12-8-4)77-97-84(89)71-67-63-59-55-51-47-43-35-31-27-23-19-15-11-7-3/h9-16,21-28,33-38,40,42-44,48,51-52,55,63,67,81-83,88H,5-8,17-20,29-32,39,41,45-47,49-50,53-54,56-62,64-66,68-80H2,1-4H3,(H,93,94)(H,95,96)/b13-9-,14-10-,15-11-,16-12-,25-21-,26-22-,27-23-,28-24-,37-33-,38-34-,42-40-,43-35-,44-36-,52-48-,55-51-,67-63-. The highest BCUT2D eigenvalue weighted by atomic mass is 31.2. The van der Waals surface area contributed by atoms with Crippen molar-refractivity contribution < 1.29 is 80.2 Å². The molecule has 0 saturated carbocycles. The summed E-state index contributed by atoms with van der Waals surface area (Å²) < 4.78 is 68.5. The molecule has 0 aliphatic carbocycles. The van der Waals surface area contributed by atoms with Crippen LogP contribution < -0.4 is 0 Å². The van der Waals surface area contributed by atoms with Gasteiger partial charge in [0, 0.05) is 19.3 Å². The van der Waals surface area contributed by atoms with Gasteiger partial charge in [-0.05, 0) is 161 Å². The van der Waals surface area contributed by atoms with Gasteiger partial charge in [-0.1, -0.05) is 280 Å². The first-order chi connectivity index (χ1) is 51.7. The SMILES string of the molecule is CC/C=C\C/C=C\C/C=C\C/C=C\C/C=C\CCCCCC(=O)OCC(COP(=O)(O)OCC(O)COP(=O)(O)OCC(COC(=O)C/C=C\C/C=C\C/C=C\C/C=C\C/C=C\CC)OC(=O)CCCCCCC/C=C\C/C=C\C/C=C\CC)OC(=O)CCCCCCCCC/C=C\C/C=C\C/C=C\CC. The molecule has 0 amide bonds. The van der Waals surface area contributed by atoms with E-state index < -0.39 is 97.5 Å². The van der Waals surface area contributed by atoms with Crippen LogP contribution in [0.15, 0.2) is 194 Å². The highest BCUT2D eigenvalue weighted by molar-refractivity contribution is 7.47. The molecule has 0 saturated heterocycles. The number of phosphoric ester groups is 2. The second kappa shape index (κ2) is 77.1. The number of esters is 4. The minimum Gasteiger partial charge on any atom is -0.462 e. The largest absolute Gasteiger partial charge is 0.472 e. The zero-order valence-corrected chi connectivity index (χ0v) is 67.1. The molecule has 106 heavy (non-hydrogen) atoms. The zero-order valence-electron chi connectivity index (χ0n) is 65.3. The average molecular weight is 1520 g/mol. The Bertz CT molecular complexity index is 2780. The highest BCUT2D eigenvalue weighted by Crippen LogP contribution is 2.45. The third-order valence-corrected chi connectivity index (χ3v) is 17.5. The van der Waals surface area contributed by atoms with Gasteiger partial charge in [-0.3, -0.25) is 37.3 Å². The number of unbranched alkanes of at least 4 members (excludes halogenated alkanes) is 15. The average Bonchev–Trinajstić information content (AvgIpc) is 0.902. The van der Waals surface area contributed by atoms with Crippen molar-refractivity contribution in [3.63, 3.8) is 0 Å². The van der Waals surface area contributed by atoms with E-state index in [2.05, 4.69) is 198 Å². The zero-order chi connectivity index (χ0) is 77.4. The molecule has 0 spiro atoms. The Balaban J connectivity index is 5.51. The maximum absolute atomic E-state index is 13.1. The molecule has 0 aliphatic heterocycles. The lowest BCUT2D eigenvalue weighted by Crippen LogP contribution is -2.30. The summed E-state index contributed by atoms with van der Waals surface area (Å²) in [6.07, 6.45) is 94.4. The Labute approximate surface area is 640 Å². The number of phosphoric acid groups is 2. The van der Waals surface area contributed by atoms with Gasteiger partial charge in [0.2, 0.25) is 0 Å². The number of aliphatic hydroxyl groups is 1. The topological polar surface area (TPSA) is 237 Å². The van der Waals surface area contributed by atoms with E-state index in [9.17, 15) is 43.2 Å². The predicted molar refractivity (Wildman–Crippen MR) is 436 cm³/mol. The minimum atomic E-state index is -5.01. The molecule has 0 aliphatic rings. The van der Waals surface area contributed by atoms with E-state index in [1.54, 1.807) is 6.08 Å². The van der Waals surface area contributed by atoms with Gasteiger partial charge in [0.05, 0.1) is 32.8 Å². The van der Waals surface area contributed by atoms with E-state index >= 15 is 0 Å². The second-order valence-electron chi connectivity index (χ2n) is 25.5. The number of carbonyl (C=O) groups excluding carboxylic acids is 4. The molecule has 598 valence electrons. The van der Waals surface area contributed by atoms with Crippen molar-refractivity contribution in [1.29, 1.82) is 0 Å². The summed E-state index contributed by atoms with van der Waals surface area (Å²) in [4.78, 5) is 73.0. The Hall–Kier alpha value is -6.10. The molecule has 0 radical (unpaired) electrons. The van der Waals surface area contributed by atoms with Crippen molar-refractivity contribution in [3.05, 3.63) is 194 Å². The normalized spacial score (nSPS) is 14.9. The van der Waals surface area contributed by atoms with Crippen LogP contribution in [0.5, 0.6) is 0 Å². The molecular weight excluding hydrogens is 1380 g/mol. The molecule has 0 aromatic rings. The summed E-state index contributed by atoms with van der Waals surface area (Å²) in [5.74, 6) is -2.41. The van der Waals surface area contributed by atoms with Crippen LogP contribution >= 0.6 is 15.6 Å². The molecule has 5 atom stereocenters. The van der Waals surface area contributed by atoms with Crippen LogP contribution in [0.2, 0.25) is 0 Å². The molecule has 0 fully saturated rings. The highest BCUT2D eigenvalue weighted by Gasteiger charge is 2.30.